The molecule has 3 rings (SSSR count). The van der Waals surface area contributed by atoms with Crippen molar-refractivity contribution in [3.05, 3.63) is 48.5 Å². The van der Waals surface area contributed by atoms with Crippen molar-refractivity contribution in [2.45, 2.75) is 6.18 Å². The van der Waals surface area contributed by atoms with Crippen molar-refractivity contribution in [1.29, 1.82) is 0 Å². The Bertz CT molecular complexity index is 779. The van der Waals surface area contributed by atoms with Gasteiger partial charge in [-0.25, -0.2) is 4.98 Å². The molecule has 0 radical (unpaired) electrons. The predicted molar refractivity (Wildman–Crippen MR) is 72.4 cm³/mol. The standard InChI is InChI=1S/C14H9F3N4O/c15-14(16,17)13-20-12(21-22-13)9-3-1-8(2-4-9)10-5-6-11(18)19-7-10/h1-7H,(H2,18,19). The quantitative estimate of drug-likeness (QED) is 0.785. The normalized spacial score (nSPS) is 11.6. The Hall–Kier alpha value is -2.90. The van der Waals surface area contributed by atoms with Gasteiger partial charge in [-0.2, -0.15) is 18.2 Å². The number of hydrogen-bond acceptors (Lipinski definition) is 5. The van der Waals surface area contributed by atoms with E-state index in [0.29, 0.717) is 11.4 Å². The van der Waals surface area contributed by atoms with Gasteiger partial charge in [0.1, 0.15) is 5.82 Å². The van der Waals surface area contributed by atoms with Gasteiger partial charge in [0.15, 0.2) is 0 Å². The fourth-order valence-electron chi connectivity index (χ4n) is 1.84. The molecule has 8 heteroatoms. The minimum absolute atomic E-state index is 0.116. The topological polar surface area (TPSA) is 77.8 Å². The molecule has 0 atom stereocenters. The molecule has 0 bridgehead atoms. The van der Waals surface area contributed by atoms with Gasteiger partial charge >= 0.3 is 12.1 Å². The molecule has 0 spiro atoms. The predicted octanol–water partition coefficient (Wildman–Crippen LogP) is 3.40. The number of nitrogen functional groups attached to an aromatic ring is 1. The summed E-state index contributed by atoms with van der Waals surface area (Å²) in [5, 5.41) is 3.33. The van der Waals surface area contributed by atoms with Crippen LogP contribution in [-0.4, -0.2) is 15.1 Å². The van der Waals surface area contributed by atoms with Crippen LogP contribution in [0.5, 0.6) is 0 Å². The summed E-state index contributed by atoms with van der Waals surface area (Å²) in [7, 11) is 0. The highest BCUT2D eigenvalue weighted by atomic mass is 19.4. The molecule has 0 amide bonds. The molecule has 0 fully saturated rings. The average molecular weight is 306 g/mol. The molecule has 22 heavy (non-hydrogen) atoms. The number of rotatable bonds is 2. The van der Waals surface area contributed by atoms with Crippen LogP contribution in [0.2, 0.25) is 0 Å². The number of halogens is 3. The number of hydrogen-bond donors (Lipinski definition) is 1. The van der Waals surface area contributed by atoms with Gasteiger partial charge in [-0.05, 0) is 17.7 Å². The molecule has 0 aliphatic carbocycles. The number of anilines is 1. The third kappa shape index (κ3) is 2.76. The Labute approximate surface area is 122 Å². The molecule has 112 valence electrons. The zero-order chi connectivity index (χ0) is 15.7. The first-order chi connectivity index (χ1) is 10.4. The second-order valence-corrected chi connectivity index (χ2v) is 4.47. The first-order valence-electron chi connectivity index (χ1n) is 6.17. The summed E-state index contributed by atoms with van der Waals surface area (Å²) in [5.41, 5.74) is 7.62. The molecule has 2 N–H and O–H groups in total. The van der Waals surface area contributed by atoms with Crippen molar-refractivity contribution in [2.75, 3.05) is 5.73 Å². The number of nitrogens with zero attached hydrogens (tertiary/aromatic N) is 3. The fourth-order valence-corrected chi connectivity index (χ4v) is 1.84. The van der Waals surface area contributed by atoms with E-state index in [4.69, 9.17) is 5.73 Å². The average Bonchev–Trinajstić information content (AvgIpc) is 2.98. The van der Waals surface area contributed by atoms with Crippen LogP contribution in [0.15, 0.2) is 47.1 Å². The van der Waals surface area contributed by atoms with Crippen molar-refractivity contribution >= 4 is 5.82 Å². The van der Waals surface area contributed by atoms with Gasteiger partial charge < -0.3 is 10.3 Å². The van der Waals surface area contributed by atoms with Crippen LogP contribution in [0.25, 0.3) is 22.5 Å². The molecular formula is C14H9F3N4O. The number of alkyl halides is 3. The van der Waals surface area contributed by atoms with Crippen LogP contribution in [0.3, 0.4) is 0 Å². The van der Waals surface area contributed by atoms with Crippen molar-refractivity contribution in [2.24, 2.45) is 0 Å². The molecule has 0 saturated heterocycles. The minimum atomic E-state index is -4.65. The Kier molecular flexibility index (Phi) is 3.28. The van der Waals surface area contributed by atoms with E-state index in [-0.39, 0.29) is 5.82 Å². The number of pyridine rings is 1. The third-order valence-corrected chi connectivity index (χ3v) is 2.93. The molecule has 0 aliphatic heterocycles. The molecule has 1 aromatic carbocycles. The molecular weight excluding hydrogens is 297 g/mol. The highest BCUT2D eigenvalue weighted by Gasteiger charge is 2.38. The van der Waals surface area contributed by atoms with Crippen LogP contribution in [0.1, 0.15) is 5.89 Å². The van der Waals surface area contributed by atoms with Crippen molar-refractivity contribution in [1.82, 2.24) is 15.1 Å². The van der Waals surface area contributed by atoms with Gasteiger partial charge in [-0.3, -0.25) is 0 Å². The Balaban J connectivity index is 1.88. The molecule has 0 saturated carbocycles. The van der Waals surface area contributed by atoms with Crippen LogP contribution in [0, 0.1) is 0 Å². The zero-order valence-corrected chi connectivity index (χ0v) is 11.0. The Morgan fingerprint density at radius 2 is 1.55 bits per heavy atom. The van der Waals surface area contributed by atoms with E-state index in [9.17, 15) is 13.2 Å². The van der Waals surface area contributed by atoms with Crippen LogP contribution < -0.4 is 5.73 Å². The lowest BCUT2D eigenvalue weighted by molar-refractivity contribution is -0.159. The van der Waals surface area contributed by atoms with Gasteiger partial charge in [0.25, 0.3) is 0 Å². The van der Waals surface area contributed by atoms with E-state index < -0.39 is 12.1 Å². The summed E-state index contributed by atoms with van der Waals surface area (Å²) in [5.74, 6) is -1.07. The fraction of sp³-hybridized carbons (Fsp3) is 0.0714. The lowest BCUT2D eigenvalue weighted by Crippen LogP contribution is -2.04. The van der Waals surface area contributed by atoms with Gasteiger partial charge in [-0.15, -0.1) is 0 Å². The maximum atomic E-state index is 12.4. The first kappa shape index (κ1) is 14.1. The maximum absolute atomic E-state index is 12.4. The highest BCUT2D eigenvalue weighted by molar-refractivity contribution is 5.67. The summed E-state index contributed by atoms with van der Waals surface area (Å²) in [6.07, 6.45) is -3.04. The SMILES string of the molecule is Nc1ccc(-c2ccc(-c3noc(C(F)(F)F)n3)cc2)cn1. The number of nitrogens with two attached hydrogens (primary N) is 1. The second-order valence-electron chi connectivity index (χ2n) is 4.47. The highest BCUT2D eigenvalue weighted by Crippen LogP contribution is 2.30. The lowest BCUT2D eigenvalue weighted by Gasteiger charge is -2.02. The van der Waals surface area contributed by atoms with E-state index in [1.54, 1.807) is 42.6 Å². The van der Waals surface area contributed by atoms with Gasteiger partial charge in [0, 0.05) is 17.3 Å². The number of aromatic nitrogens is 3. The molecule has 2 heterocycles. The van der Waals surface area contributed by atoms with Gasteiger partial charge in [0.2, 0.25) is 5.82 Å². The zero-order valence-electron chi connectivity index (χ0n) is 11.0. The Morgan fingerprint density at radius 1 is 0.909 bits per heavy atom. The molecule has 5 nitrogen and oxygen atoms in total. The molecule has 3 aromatic rings. The number of benzene rings is 1. The Morgan fingerprint density at radius 3 is 2.09 bits per heavy atom. The molecule has 0 unspecified atom stereocenters. The smallest absolute Gasteiger partial charge is 0.384 e. The van der Waals surface area contributed by atoms with E-state index >= 15 is 0 Å². The van der Waals surface area contributed by atoms with Gasteiger partial charge in [0.05, 0.1) is 0 Å². The largest absolute Gasteiger partial charge is 0.471 e. The summed E-state index contributed by atoms with van der Waals surface area (Å²) in [4.78, 5) is 7.31. The maximum Gasteiger partial charge on any atom is 0.471 e. The summed E-state index contributed by atoms with van der Waals surface area (Å²) < 4.78 is 41.5. The van der Waals surface area contributed by atoms with Gasteiger partial charge in [-0.1, -0.05) is 29.4 Å². The monoisotopic (exact) mass is 306 g/mol. The van der Waals surface area contributed by atoms with Crippen LogP contribution in [0.4, 0.5) is 19.0 Å². The summed E-state index contributed by atoms with van der Waals surface area (Å²) in [6.45, 7) is 0. The van der Waals surface area contributed by atoms with Crippen molar-refractivity contribution in [3.8, 4) is 22.5 Å². The lowest BCUT2D eigenvalue weighted by atomic mass is 10.1. The van der Waals surface area contributed by atoms with E-state index in [0.717, 1.165) is 11.1 Å². The van der Waals surface area contributed by atoms with E-state index in [2.05, 4.69) is 19.6 Å². The van der Waals surface area contributed by atoms with Crippen LogP contribution in [-0.2, 0) is 6.18 Å². The first-order valence-corrected chi connectivity index (χ1v) is 6.17. The van der Waals surface area contributed by atoms with Crippen LogP contribution >= 0.6 is 0 Å². The second kappa shape index (κ2) is 5.14. The van der Waals surface area contributed by atoms with E-state index in [1.807, 2.05) is 0 Å². The molecule has 0 aliphatic rings. The molecule has 2 aromatic heterocycles. The third-order valence-electron chi connectivity index (χ3n) is 2.93. The van der Waals surface area contributed by atoms with E-state index in [1.165, 1.54) is 0 Å². The van der Waals surface area contributed by atoms with Crippen molar-refractivity contribution < 1.29 is 17.7 Å². The summed E-state index contributed by atoms with van der Waals surface area (Å²) in [6, 6.07) is 10.1. The summed E-state index contributed by atoms with van der Waals surface area (Å²) >= 11 is 0. The minimum Gasteiger partial charge on any atom is -0.384 e. The van der Waals surface area contributed by atoms with Crippen molar-refractivity contribution in [3.63, 3.8) is 0 Å².